The van der Waals surface area contributed by atoms with Crippen molar-refractivity contribution in [3.63, 3.8) is 0 Å². The van der Waals surface area contributed by atoms with Gasteiger partial charge in [0.15, 0.2) is 5.82 Å². The van der Waals surface area contributed by atoms with E-state index >= 15 is 0 Å². The summed E-state index contributed by atoms with van der Waals surface area (Å²) >= 11 is -1.02. The molecule has 2 fully saturated rings. The smallest absolute Gasteiger partial charge is 0.254 e. The van der Waals surface area contributed by atoms with Gasteiger partial charge in [-0.2, -0.15) is 4.98 Å². The third kappa shape index (κ3) is 5.96. The fourth-order valence-electron chi connectivity index (χ4n) is 6.27. The van der Waals surface area contributed by atoms with Crippen molar-refractivity contribution in [1.82, 2.24) is 24.0 Å². The van der Waals surface area contributed by atoms with E-state index in [9.17, 15) is 9.35 Å². The van der Waals surface area contributed by atoms with Crippen molar-refractivity contribution in [2.75, 3.05) is 25.7 Å². The number of fused-ring (bicyclic) bond motifs is 2. The summed E-state index contributed by atoms with van der Waals surface area (Å²) in [7, 11) is 7.65. The molecule has 14 heteroatoms. The maximum Gasteiger partial charge on any atom is 0.254 e. The molecule has 2 aliphatic rings. The van der Waals surface area contributed by atoms with E-state index in [1.165, 1.54) is 12.8 Å². The van der Waals surface area contributed by atoms with Crippen molar-refractivity contribution < 1.29 is 18.8 Å². The molecule has 1 amide bonds. The first kappa shape index (κ1) is 30.9. The molecule has 4 aromatic rings. The summed E-state index contributed by atoms with van der Waals surface area (Å²) in [5.74, 6) is 3.03. The molecule has 10 nitrogen and oxygen atoms in total. The van der Waals surface area contributed by atoms with Crippen molar-refractivity contribution in [1.29, 1.82) is 0 Å². The first-order valence-electron chi connectivity index (χ1n) is 15.5. The van der Waals surface area contributed by atoms with E-state index in [2.05, 4.69) is 22.1 Å². The standard InChI is InChI=1S/C30H41B3N6O4S/c1-16-14-38(17(2)25(16)34)29(40)20-11-21-26(23(13-20)42-3)37(9-10-44(4)41)28(35-21)22-12-19-7-8-24(43-30(31,32)33)36-27(19)39(22)15-18-5-6-18/h7-8,11-13,16-18,25H,5-6,9-10,14-15,31-34H2,1-4H3/t16-,17-,25-,44?/m1/s1. The molecular weight excluding hydrogens is 573 g/mol. The van der Waals surface area contributed by atoms with Crippen molar-refractivity contribution in [3.05, 3.63) is 35.9 Å². The third-order valence-electron chi connectivity index (χ3n) is 8.82. The lowest BCUT2D eigenvalue weighted by molar-refractivity contribution is 0.0739. The number of aryl methyl sites for hydroxylation is 1. The summed E-state index contributed by atoms with van der Waals surface area (Å²) in [6.07, 6.45) is 4.07. The molecule has 4 heterocycles. The van der Waals surface area contributed by atoms with Crippen LogP contribution in [0.3, 0.4) is 0 Å². The fraction of sp³-hybridized carbons (Fsp3) is 0.500. The highest BCUT2D eigenvalue weighted by Crippen LogP contribution is 2.39. The van der Waals surface area contributed by atoms with Gasteiger partial charge in [0.1, 0.15) is 46.2 Å². The number of imidazole rings is 1. The lowest BCUT2D eigenvalue weighted by atomic mass is 9.52. The van der Waals surface area contributed by atoms with Crippen LogP contribution in [0.2, 0.25) is 0 Å². The Balaban J connectivity index is 1.52. The number of likely N-dealkylation sites (tertiary alicyclic amines) is 1. The predicted octanol–water partition coefficient (Wildman–Crippen LogP) is 0.547. The predicted molar refractivity (Wildman–Crippen MR) is 183 cm³/mol. The van der Waals surface area contributed by atoms with E-state index in [-0.39, 0.29) is 29.2 Å². The third-order valence-corrected chi connectivity index (χ3v) is 9.58. The molecule has 230 valence electrons. The molecule has 1 saturated heterocycles. The van der Waals surface area contributed by atoms with E-state index in [0.29, 0.717) is 47.5 Å². The normalized spacial score (nSPS) is 21.3. The monoisotopic (exact) mass is 614 g/mol. The molecule has 0 radical (unpaired) electrons. The van der Waals surface area contributed by atoms with Gasteiger partial charge < -0.3 is 33.8 Å². The van der Waals surface area contributed by atoms with Gasteiger partial charge in [-0.05, 0) is 55.9 Å². The summed E-state index contributed by atoms with van der Waals surface area (Å²) in [5.41, 5.74) is 10.1. The van der Waals surface area contributed by atoms with Crippen LogP contribution >= 0.6 is 0 Å². The summed E-state index contributed by atoms with van der Waals surface area (Å²) < 4.78 is 28.7. The molecular formula is C30H41B3N6O4S. The molecule has 2 N–H and O–H groups in total. The number of rotatable bonds is 10. The van der Waals surface area contributed by atoms with Gasteiger partial charge in [0, 0.05) is 47.5 Å². The topological polar surface area (TPSA) is 123 Å². The molecule has 1 unspecified atom stereocenters. The van der Waals surface area contributed by atoms with Crippen LogP contribution in [0.5, 0.6) is 11.6 Å². The van der Waals surface area contributed by atoms with Gasteiger partial charge in [-0.3, -0.25) is 4.79 Å². The van der Waals surface area contributed by atoms with E-state index in [1.54, 1.807) is 19.4 Å². The summed E-state index contributed by atoms with van der Waals surface area (Å²) in [4.78, 5) is 25.7. The van der Waals surface area contributed by atoms with Gasteiger partial charge in [0.2, 0.25) is 5.88 Å². The zero-order valence-electron chi connectivity index (χ0n) is 26.8. The van der Waals surface area contributed by atoms with Crippen LogP contribution in [-0.2, 0) is 24.3 Å². The van der Waals surface area contributed by atoms with Crippen LogP contribution in [0.15, 0.2) is 30.3 Å². The first-order valence-corrected chi connectivity index (χ1v) is 17.2. The van der Waals surface area contributed by atoms with Crippen molar-refractivity contribution >= 4 is 62.7 Å². The molecule has 3 aromatic heterocycles. The number of aromatic nitrogens is 4. The number of carbonyl (C=O) groups is 1. The highest BCUT2D eigenvalue weighted by molar-refractivity contribution is 7.90. The largest absolute Gasteiger partial charge is 0.617 e. The molecule has 4 atom stereocenters. The highest BCUT2D eigenvalue weighted by Gasteiger charge is 2.37. The number of nitrogens with two attached hydrogens (primary N) is 1. The van der Waals surface area contributed by atoms with E-state index in [1.807, 2.05) is 53.6 Å². The quantitative estimate of drug-likeness (QED) is 0.205. The average molecular weight is 614 g/mol. The number of nitrogens with zero attached hydrogens (tertiary/aromatic N) is 5. The Morgan fingerprint density at radius 1 is 1.16 bits per heavy atom. The second kappa shape index (κ2) is 11.7. The minimum absolute atomic E-state index is 0.0652. The Kier molecular flexibility index (Phi) is 8.21. The van der Waals surface area contributed by atoms with Gasteiger partial charge in [-0.15, -0.1) is 0 Å². The lowest BCUT2D eigenvalue weighted by Crippen LogP contribution is -2.40. The molecule has 1 aromatic carbocycles. The number of ether oxygens (including phenoxy) is 2. The first-order chi connectivity index (χ1) is 20.8. The van der Waals surface area contributed by atoms with Crippen LogP contribution in [0.1, 0.15) is 37.0 Å². The van der Waals surface area contributed by atoms with Crippen LogP contribution in [0.25, 0.3) is 33.6 Å². The number of amides is 1. The maximum absolute atomic E-state index is 13.8. The minimum Gasteiger partial charge on any atom is -0.617 e. The Hall–Kier alpha value is -3.09. The second-order valence-electron chi connectivity index (χ2n) is 13.5. The Morgan fingerprint density at radius 2 is 1.91 bits per heavy atom. The van der Waals surface area contributed by atoms with Crippen LogP contribution in [0, 0.1) is 11.8 Å². The van der Waals surface area contributed by atoms with Crippen molar-refractivity contribution in [2.45, 2.75) is 57.2 Å². The van der Waals surface area contributed by atoms with Gasteiger partial charge >= 0.3 is 0 Å². The van der Waals surface area contributed by atoms with Gasteiger partial charge in [-0.1, -0.05) is 18.1 Å². The molecule has 1 aliphatic carbocycles. The fourth-order valence-corrected chi connectivity index (χ4v) is 6.71. The molecule has 44 heavy (non-hydrogen) atoms. The average Bonchev–Trinajstić information content (AvgIpc) is 3.54. The van der Waals surface area contributed by atoms with E-state index in [4.69, 9.17) is 25.2 Å². The number of methoxy groups -OCH3 is 1. The van der Waals surface area contributed by atoms with E-state index in [0.717, 1.165) is 34.6 Å². The number of hydrogen-bond acceptors (Lipinski definition) is 7. The molecule has 1 saturated carbocycles. The summed E-state index contributed by atoms with van der Waals surface area (Å²) in [6.45, 7) is 5.99. The number of hydrogen-bond donors (Lipinski definition) is 1. The van der Waals surface area contributed by atoms with Crippen molar-refractivity contribution in [2.24, 2.45) is 17.6 Å². The molecule has 0 bridgehead atoms. The van der Waals surface area contributed by atoms with Crippen molar-refractivity contribution in [3.8, 4) is 23.1 Å². The second-order valence-corrected chi connectivity index (χ2v) is 15.1. The molecule has 6 rings (SSSR count). The van der Waals surface area contributed by atoms with Gasteiger partial charge in [0.25, 0.3) is 5.91 Å². The van der Waals surface area contributed by atoms with Gasteiger partial charge in [0.05, 0.1) is 31.1 Å². The number of pyridine rings is 1. The Labute approximate surface area is 264 Å². The Morgan fingerprint density at radius 3 is 2.52 bits per heavy atom. The van der Waals surface area contributed by atoms with Crippen LogP contribution in [0.4, 0.5) is 0 Å². The van der Waals surface area contributed by atoms with E-state index < -0.39 is 11.2 Å². The zero-order valence-corrected chi connectivity index (χ0v) is 27.6. The zero-order chi connectivity index (χ0) is 31.5. The molecule has 1 aliphatic heterocycles. The Bertz CT molecular complexity index is 1720. The van der Waals surface area contributed by atoms with Crippen LogP contribution < -0.4 is 15.2 Å². The minimum atomic E-state index is -1.02. The number of benzene rings is 1. The summed E-state index contributed by atoms with van der Waals surface area (Å²) in [5, 5.41) is 0.624. The van der Waals surface area contributed by atoms with Crippen LogP contribution in [-0.4, -0.2) is 101 Å². The SMILES string of the molecule is BC(B)(B)Oc1ccc2cc(-c3nc4cc(C(=O)N5C[C@@H](C)[C@@H](N)[C@H]5C)cc(OC)c4n3CC[S+](C)[O-])n(CC3CC3)c2n1. The molecule has 0 spiro atoms. The highest BCUT2D eigenvalue weighted by atomic mass is 32.2. The maximum atomic E-state index is 13.8. The number of carbonyl (C=O) groups excluding carboxylic acids is 1. The summed E-state index contributed by atoms with van der Waals surface area (Å²) in [6, 6.07) is 9.60. The van der Waals surface area contributed by atoms with Gasteiger partial charge in [-0.25, -0.2) is 4.98 Å². The lowest BCUT2D eigenvalue weighted by Gasteiger charge is -2.23.